The molecular weight excluding hydrogens is 318 g/mol. The van der Waals surface area contributed by atoms with Gasteiger partial charge >= 0.3 is 0 Å². The molecular formula is C17H29N7O. The number of amides is 1. The second-order valence-electron chi connectivity index (χ2n) is 7.25. The summed E-state index contributed by atoms with van der Waals surface area (Å²) in [7, 11) is 5.42. The van der Waals surface area contributed by atoms with Crippen molar-refractivity contribution >= 4 is 11.9 Å². The van der Waals surface area contributed by atoms with Gasteiger partial charge in [-0.15, -0.1) is 10.2 Å². The zero-order valence-corrected chi connectivity index (χ0v) is 15.5. The molecule has 3 rings (SSSR count). The van der Waals surface area contributed by atoms with Crippen LogP contribution in [-0.4, -0.2) is 59.2 Å². The molecule has 0 aromatic carbocycles. The quantitative estimate of drug-likeness (QED) is 0.600. The predicted molar refractivity (Wildman–Crippen MR) is 96.1 cm³/mol. The summed E-state index contributed by atoms with van der Waals surface area (Å²) >= 11 is 0. The molecule has 25 heavy (non-hydrogen) atoms. The van der Waals surface area contributed by atoms with Crippen molar-refractivity contribution in [2.75, 3.05) is 27.7 Å². The van der Waals surface area contributed by atoms with E-state index in [2.05, 4.69) is 30.4 Å². The highest BCUT2D eigenvalue weighted by Crippen LogP contribution is 2.38. The Labute approximate surface area is 149 Å². The van der Waals surface area contributed by atoms with Gasteiger partial charge in [0.25, 0.3) is 0 Å². The number of rotatable bonds is 5. The van der Waals surface area contributed by atoms with E-state index in [1.54, 1.807) is 11.9 Å². The van der Waals surface area contributed by atoms with Crippen molar-refractivity contribution in [1.82, 2.24) is 30.3 Å². The number of aryl methyl sites for hydroxylation is 1. The number of aliphatic imine (C=N–C) groups is 1. The fourth-order valence-electron chi connectivity index (χ4n) is 3.97. The van der Waals surface area contributed by atoms with Gasteiger partial charge in [-0.3, -0.25) is 9.79 Å². The molecule has 8 heteroatoms. The van der Waals surface area contributed by atoms with Crippen molar-refractivity contribution in [2.24, 2.45) is 10.4 Å². The summed E-state index contributed by atoms with van der Waals surface area (Å²) in [5, 5.41) is 15.1. The summed E-state index contributed by atoms with van der Waals surface area (Å²) in [5.74, 6) is 2.92. The Balaban J connectivity index is 1.57. The van der Waals surface area contributed by atoms with Gasteiger partial charge in [-0.05, 0) is 19.3 Å². The number of carbonyl (C=O) groups is 1. The number of guanidine groups is 1. The number of nitrogens with one attached hydrogen (secondary N) is 2. The molecule has 1 fully saturated rings. The molecule has 0 atom stereocenters. The van der Waals surface area contributed by atoms with Gasteiger partial charge in [0, 0.05) is 40.7 Å². The normalized spacial score (nSPS) is 18.9. The van der Waals surface area contributed by atoms with Crippen LogP contribution >= 0.6 is 0 Å². The first kappa shape index (κ1) is 17.7. The van der Waals surface area contributed by atoms with Gasteiger partial charge in [0.15, 0.2) is 11.8 Å². The maximum atomic E-state index is 12.6. The number of carbonyl (C=O) groups excluding carboxylic acids is 1. The predicted octanol–water partition coefficient (Wildman–Crippen LogP) is 0.538. The Morgan fingerprint density at radius 2 is 2.00 bits per heavy atom. The lowest BCUT2D eigenvalue weighted by Gasteiger charge is -2.31. The molecule has 138 valence electrons. The topological polar surface area (TPSA) is 87.4 Å². The minimum atomic E-state index is -0.308. The highest BCUT2D eigenvalue weighted by molar-refractivity contribution is 5.85. The van der Waals surface area contributed by atoms with Crippen LogP contribution in [0.15, 0.2) is 4.99 Å². The number of fused-ring (bicyclic) bond motifs is 1. The van der Waals surface area contributed by atoms with Gasteiger partial charge in [-0.1, -0.05) is 12.8 Å². The molecule has 8 nitrogen and oxygen atoms in total. The van der Waals surface area contributed by atoms with Gasteiger partial charge in [0.1, 0.15) is 5.82 Å². The molecule has 0 radical (unpaired) electrons. The van der Waals surface area contributed by atoms with Gasteiger partial charge < -0.3 is 20.1 Å². The summed E-state index contributed by atoms with van der Waals surface area (Å²) < 4.78 is 2.17. The van der Waals surface area contributed by atoms with Gasteiger partial charge in [0.05, 0.1) is 12.0 Å². The first-order valence-electron chi connectivity index (χ1n) is 9.13. The van der Waals surface area contributed by atoms with E-state index in [0.717, 1.165) is 56.7 Å². The maximum absolute atomic E-state index is 12.6. The third-order valence-corrected chi connectivity index (χ3v) is 5.34. The van der Waals surface area contributed by atoms with E-state index in [1.807, 2.05) is 14.1 Å². The SMILES string of the molecule is CN=C(NCc1nnc2n1CCC2)NCC1(C(=O)N(C)C)CCCC1. The highest BCUT2D eigenvalue weighted by atomic mass is 16.2. The fraction of sp³-hybridized carbons (Fsp3) is 0.765. The zero-order valence-electron chi connectivity index (χ0n) is 15.5. The van der Waals surface area contributed by atoms with Gasteiger partial charge in [0.2, 0.25) is 5.91 Å². The molecule has 1 amide bonds. The van der Waals surface area contributed by atoms with Crippen LogP contribution in [0.2, 0.25) is 0 Å². The monoisotopic (exact) mass is 347 g/mol. The summed E-state index contributed by atoms with van der Waals surface area (Å²) in [6, 6.07) is 0. The van der Waals surface area contributed by atoms with Crippen molar-refractivity contribution in [3.05, 3.63) is 11.6 Å². The molecule has 2 aliphatic rings. The first-order chi connectivity index (χ1) is 12.1. The third-order valence-electron chi connectivity index (χ3n) is 5.34. The van der Waals surface area contributed by atoms with E-state index in [-0.39, 0.29) is 11.3 Å². The molecule has 1 aliphatic carbocycles. The third kappa shape index (κ3) is 3.62. The fourth-order valence-corrected chi connectivity index (χ4v) is 3.97. The Morgan fingerprint density at radius 3 is 2.68 bits per heavy atom. The maximum Gasteiger partial charge on any atom is 0.230 e. The van der Waals surface area contributed by atoms with Crippen LogP contribution in [0.1, 0.15) is 43.8 Å². The molecule has 2 N–H and O–H groups in total. The summed E-state index contributed by atoms with van der Waals surface area (Å²) in [5.41, 5.74) is -0.308. The Kier molecular flexibility index (Phi) is 5.24. The average Bonchev–Trinajstić information content (AvgIpc) is 3.32. The van der Waals surface area contributed by atoms with Crippen LogP contribution in [0.5, 0.6) is 0 Å². The van der Waals surface area contributed by atoms with Crippen molar-refractivity contribution in [3.63, 3.8) is 0 Å². The van der Waals surface area contributed by atoms with Gasteiger partial charge in [-0.2, -0.15) is 0 Å². The van der Waals surface area contributed by atoms with E-state index in [1.165, 1.54) is 0 Å². The molecule has 0 spiro atoms. The number of hydrogen-bond donors (Lipinski definition) is 2. The van der Waals surface area contributed by atoms with Crippen LogP contribution in [0.25, 0.3) is 0 Å². The Morgan fingerprint density at radius 1 is 1.24 bits per heavy atom. The lowest BCUT2D eigenvalue weighted by atomic mass is 9.84. The summed E-state index contributed by atoms with van der Waals surface area (Å²) in [6.45, 7) is 2.19. The molecule has 1 saturated carbocycles. The molecule has 1 aromatic heterocycles. The van der Waals surface area contributed by atoms with E-state index in [9.17, 15) is 4.79 Å². The minimum absolute atomic E-state index is 0.211. The van der Waals surface area contributed by atoms with Gasteiger partial charge in [-0.25, -0.2) is 0 Å². The van der Waals surface area contributed by atoms with E-state index in [0.29, 0.717) is 19.0 Å². The lowest BCUT2D eigenvalue weighted by Crippen LogP contribution is -2.49. The largest absolute Gasteiger partial charge is 0.355 e. The second-order valence-corrected chi connectivity index (χ2v) is 7.25. The second kappa shape index (κ2) is 7.41. The summed E-state index contributed by atoms with van der Waals surface area (Å²) in [4.78, 5) is 18.6. The van der Waals surface area contributed by atoms with Crippen molar-refractivity contribution < 1.29 is 4.79 Å². The zero-order chi connectivity index (χ0) is 17.9. The van der Waals surface area contributed by atoms with E-state index in [4.69, 9.17) is 0 Å². The van der Waals surface area contributed by atoms with Crippen molar-refractivity contribution in [3.8, 4) is 0 Å². The van der Waals surface area contributed by atoms with Crippen molar-refractivity contribution in [2.45, 2.75) is 51.6 Å². The highest BCUT2D eigenvalue weighted by Gasteiger charge is 2.42. The van der Waals surface area contributed by atoms with E-state index < -0.39 is 0 Å². The van der Waals surface area contributed by atoms with E-state index >= 15 is 0 Å². The minimum Gasteiger partial charge on any atom is -0.355 e. The molecule has 1 aliphatic heterocycles. The average molecular weight is 347 g/mol. The molecule has 0 bridgehead atoms. The number of hydrogen-bond acceptors (Lipinski definition) is 4. The molecule has 1 aromatic rings. The smallest absolute Gasteiger partial charge is 0.230 e. The van der Waals surface area contributed by atoms with Crippen LogP contribution in [-0.2, 0) is 24.3 Å². The van der Waals surface area contributed by atoms with Crippen LogP contribution in [0.4, 0.5) is 0 Å². The number of aromatic nitrogens is 3. The van der Waals surface area contributed by atoms with Crippen molar-refractivity contribution in [1.29, 1.82) is 0 Å². The number of nitrogens with zero attached hydrogens (tertiary/aromatic N) is 5. The Bertz CT molecular complexity index is 643. The molecule has 0 unspecified atom stereocenters. The molecule has 0 saturated heterocycles. The summed E-state index contributed by atoms with van der Waals surface area (Å²) in [6.07, 6.45) is 6.24. The first-order valence-corrected chi connectivity index (χ1v) is 9.13. The van der Waals surface area contributed by atoms with Crippen LogP contribution in [0, 0.1) is 5.41 Å². The molecule has 2 heterocycles. The van der Waals surface area contributed by atoms with Crippen LogP contribution < -0.4 is 10.6 Å². The lowest BCUT2D eigenvalue weighted by molar-refractivity contribution is -0.138. The Hall–Kier alpha value is -2.12. The van der Waals surface area contributed by atoms with Crippen LogP contribution in [0.3, 0.4) is 0 Å². The standard InChI is InChI=1S/C17H29N7O/c1-18-16(19-11-14-22-21-13-7-6-10-24(13)14)20-12-17(8-4-5-9-17)15(25)23(2)3/h4-12H2,1-3H3,(H2,18,19,20).